The maximum atomic E-state index is 13.0. The minimum atomic E-state index is -3.26. The van der Waals surface area contributed by atoms with Gasteiger partial charge in [-0.2, -0.15) is 0 Å². The summed E-state index contributed by atoms with van der Waals surface area (Å²) in [6, 6.07) is 13.3. The number of benzene rings is 2. The lowest BCUT2D eigenvalue weighted by Gasteiger charge is -2.28. The molecule has 0 saturated heterocycles. The summed E-state index contributed by atoms with van der Waals surface area (Å²) in [5, 5.41) is 1.59. The smallest absolute Gasteiger partial charge is 0.181 e. The Balaban J connectivity index is 1.90. The lowest BCUT2D eigenvalue weighted by molar-refractivity contribution is 0.342. The van der Waals surface area contributed by atoms with Crippen LogP contribution in [0, 0.1) is 5.92 Å². The van der Waals surface area contributed by atoms with E-state index in [1.54, 1.807) is 6.07 Å². The van der Waals surface area contributed by atoms with E-state index in [1.807, 2.05) is 36.4 Å². The minimum absolute atomic E-state index is 0.243. The predicted octanol–water partition coefficient (Wildman–Crippen LogP) is 3.52. The molecule has 1 aliphatic rings. The Bertz CT molecular complexity index is 741. The van der Waals surface area contributed by atoms with E-state index in [2.05, 4.69) is 0 Å². The molecule has 0 radical (unpaired) electrons. The van der Waals surface area contributed by atoms with Crippen LogP contribution < -0.4 is 5.73 Å². The van der Waals surface area contributed by atoms with Gasteiger partial charge in [0.2, 0.25) is 0 Å². The Labute approximate surface area is 132 Å². The molecular weight excluding hydrogens is 294 g/mol. The van der Waals surface area contributed by atoms with Crippen molar-refractivity contribution in [1.82, 2.24) is 0 Å². The Morgan fingerprint density at radius 3 is 2.36 bits per heavy atom. The van der Waals surface area contributed by atoms with Gasteiger partial charge in [-0.15, -0.1) is 0 Å². The van der Waals surface area contributed by atoms with Gasteiger partial charge in [-0.05, 0) is 56.0 Å². The van der Waals surface area contributed by atoms with Crippen molar-refractivity contribution < 1.29 is 8.42 Å². The Kier molecular flexibility index (Phi) is 4.50. The number of hydrogen-bond acceptors (Lipinski definition) is 3. The number of hydrogen-bond donors (Lipinski definition) is 1. The van der Waals surface area contributed by atoms with E-state index in [9.17, 15) is 8.42 Å². The van der Waals surface area contributed by atoms with Gasteiger partial charge in [0.25, 0.3) is 0 Å². The number of fused-ring (bicyclic) bond motifs is 1. The van der Waals surface area contributed by atoms with Crippen LogP contribution in [0.1, 0.15) is 32.1 Å². The standard InChI is InChI=1S/C18H23NO2S/c19-13-12-14-8-10-16(11-9-14)22(20,21)18-7-3-5-15-4-1-2-6-17(15)18/h1-7,14,16H,8-13,19H2. The quantitative estimate of drug-likeness (QED) is 0.938. The molecule has 0 atom stereocenters. The van der Waals surface area contributed by atoms with Crippen molar-refractivity contribution >= 4 is 20.6 Å². The fourth-order valence-corrected chi connectivity index (χ4v) is 5.60. The van der Waals surface area contributed by atoms with Crippen molar-refractivity contribution in [2.24, 2.45) is 11.7 Å². The normalized spacial score (nSPS) is 22.8. The number of nitrogens with two attached hydrogens (primary N) is 1. The summed E-state index contributed by atoms with van der Waals surface area (Å²) in [6.07, 6.45) is 4.49. The molecule has 22 heavy (non-hydrogen) atoms. The van der Waals surface area contributed by atoms with Gasteiger partial charge in [0.15, 0.2) is 9.84 Å². The van der Waals surface area contributed by atoms with Crippen LogP contribution in [-0.4, -0.2) is 20.2 Å². The fourth-order valence-electron chi connectivity index (χ4n) is 3.59. The van der Waals surface area contributed by atoms with E-state index in [-0.39, 0.29) is 5.25 Å². The highest BCUT2D eigenvalue weighted by molar-refractivity contribution is 7.92. The first-order valence-corrected chi connectivity index (χ1v) is 9.59. The van der Waals surface area contributed by atoms with Gasteiger partial charge in [-0.1, -0.05) is 36.4 Å². The van der Waals surface area contributed by atoms with Gasteiger partial charge >= 0.3 is 0 Å². The topological polar surface area (TPSA) is 60.2 Å². The van der Waals surface area contributed by atoms with Crippen LogP contribution in [0.3, 0.4) is 0 Å². The van der Waals surface area contributed by atoms with Gasteiger partial charge in [0.1, 0.15) is 0 Å². The average molecular weight is 317 g/mol. The molecule has 0 amide bonds. The summed E-state index contributed by atoms with van der Waals surface area (Å²) < 4.78 is 26.1. The maximum absolute atomic E-state index is 13.0. The zero-order chi connectivity index (χ0) is 15.6. The highest BCUT2D eigenvalue weighted by atomic mass is 32.2. The lowest BCUT2D eigenvalue weighted by Crippen LogP contribution is -2.28. The molecule has 2 aromatic carbocycles. The summed E-state index contributed by atoms with van der Waals surface area (Å²) in [5.41, 5.74) is 5.61. The van der Waals surface area contributed by atoms with Crippen molar-refractivity contribution in [2.75, 3.05) is 6.54 Å². The zero-order valence-corrected chi connectivity index (χ0v) is 13.6. The summed E-state index contributed by atoms with van der Waals surface area (Å²) in [4.78, 5) is 0.493. The molecule has 0 heterocycles. The second-order valence-electron chi connectivity index (χ2n) is 6.24. The van der Waals surface area contributed by atoms with E-state index in [4.69, 9.17) is 5.73 Å². The Hall–Kier alpha value is -1.39. The third-order valence-corrected chi connectivity index (χ3v) is 7.18. The number of sulfone groups is 1. The van der Waals surface area contributed by atoms with Gasteiger partial charge in [-0.3, -0.25) is 0 Å². The first-order valence-electron chi connectivity index (χ1n) is 8.04. The largest absolute Gasteiger partial charge is 0.330 e. The monoisotopic (exact) mass is 317 g/mol. The zero-order valence-electron chi connectivity index (χ0n) is 12.7. The number of rotatable bonds is 4. The Morgan fingerprint density at radius 2 is 1.64 bits per heavy atom. The molecule has 0 unspecified atom stereocenters. The molecule has 118 valence electrons. The van der Waals surface area contributed by atoms with Crippen molar-refractivity contribution in [3.05, 3.63) is 42.5 Å². The third kappa shape index (κ3) is 2.90. The van der Waals surface area contributed by atoms with Crippen LogP contribution in [0.4, 0.5) is 0 Å². The first-order chi connectivity index (χ1) is 10.6. The summed E-state index contributed by atoms with van der Waals surface area (Å²) in [6.45, 7) is 0.700. The highest BCUT2D eigenvalue weighted by Gasteiger charge is 2.32. The molecule has 1 fully saturated rings. The molecule has 3 nitrogen and oxygen atoms in total. The molecular formula is C18H23NO2S. The van der Waals surface area contributed by atoms with E-state index in [1.165, 1.54) is 0 Å². The van der Waals surface area contributed by atoms with Crippen molar-refractivity contribution in [1.29, 1.82) is 0 Å². The van der Waals surface area contributed by atoms with Crippen LogP contribution in [0.15, 0.2) is 47.4 Å². The van der Waals surface area contributed by atoms with E-state index < -0.39 is 9.84 Å². The van der Waals surface area contributed by atoms with Gasteiger partial charge in [-0.25, -0.2) is 8.42 Å². The second kappa shape index (κ2) is 6.39. The predicted molar refractivity (Wildman–Crippen MR) is 90.6 cm³/mol. The van der Waals surface area contributed by atoms with E-state index >= 15 is 0 Å². The molecule has 1 aliphatic carbocycles. The van der Waals surface area contributed by atoms with Crippen LogP contribution >= 0.6 is 0 Å². The fraction of sp³-hybridized carbons (Fsp3) is 0.444. The lowest BCUT2D eigenvalue weighted by atomic mass is 9.87. The molecule has 0 bridgehead atoms. The summed E-state index contributed by atoms with van der Waals surface area (Å²) in [7, 11) is -3.26. The van der Waals surface area contributed by atoms with Crippen LogP contribution in [0.2, 0.25) is 0 Å². The molecule has 2 aromatic rings. The molecule has 0 spiro atoms. The van der Waals surface area contributed by atoms with Crippen molar-refractivity contribution in [3.63, 3.8) is 0 Å². The maximum Gasteiger partial charge on any atom is 0.181 e. The van der Waals surface area contributed by atoms with E-state index in [0.717, 1.165) is 42.9 Å². The van der Waals surface area contributed by atoms with Gasteiger partial charge in [0.05, 0.1) is 10.1 Å². The Morgan fingerprint density at radius 1 is 0.955 bits per heavy atom. The second-order valence-corrected chi connectivity index (χ2v) is 8.44. The van der Waals surface area contributed by atoms with Crippen LogP contribution in [0.5, 0.6) is 0 Å². The van der Waals surface area contributed by atoms with E-state index in [0.29, 0.717) is 17.4 Å². The van der Waals surface area contributed by atoms with Crippen molar-refractivity contribution in [3.8, 4) is 0 Å². The van der Waals surface area contributed by atoms with Gasteiger partial charge in [0, 0.05) is 5.39 Å². The first kappa shape index (κ1) is 15.5. The molecule has 0 aromatic heterocycles. The van der Waals surface area contributed by atoms with Gasteiger partial charge < -0.3 is 5.73 Å². The van der Waals surface area contributed by atoms with Crippen molar-refractivity contribution in [2.45, 2.75) is 42.2 Å². The highest BCUT2D eigenvalue weighted by Crippen LogP contribution is 2.35. The molecule has 3 rings (SSSR count). The molecule has 1 saturated carbocycles. The SMILES string of the molecule is NCCC1CCC(S(=O)(=O)c2cccc3ccccc23)CC1. The summed E-state index contributed by atoms with van der Waals surface area (Å²) in [5.74, 6) is 0.601. The minimum Gasteiger partial charge on any atom is -0.330 e. The summed E-state index contributed by atoms with van der Waals surface area (Å²) >= 11 is 0. The molecule has 4 heteroatoms. The van der Waals surface area contributed by atoms with Crippen LogP contribution in [0.25, 0.3) is 10.8 Å². The molecule has 2 N–H and O–H groups in total. The van der Waals surface area contributed by atoms with Crippen LogP contribution in [-0.2, 0) is 9.84 Å². The average Bonchev–Trinajstić information content (AvgIpc) is 2.55. The third-order valence-electron chi connectivity index (χ3n) is 4.86. The molecule has 0 aliphatic heterocycles.